The molecule has 0 radical (unpaired) electrons. The molecule has 2 heterocycles. The molecule has 0 amide bonds. The fourth-order valence-electron chi connectivity index (χ4n) is 6.50. The largest absolute Gasteiger partial charge is 0.491 e. The molecular formula is C26H41N3O7S. The maximum Gasteiger partial charge on any atom is 0.244 e. The van der Waals surface area contributed by atoms with E-state index in [9.17, 15) is 23.7 Å². The van der Waals surface area contributed by atoms with Crippen molar-refractivity contribution in [3.63, 3.8) is 0 Å². The zero-order valence-corrected chi connectivity index (χ0v) is 22.2. The van der Waals surface area contributed by atoms with E-state index in [-0.39, 0.29) is 23.8 Å². The second-order valence-corrected chi connectivity index (χ2v) is 13.1. The van der Waals surface area contributed by atoms with E-state index in [0.717, 1.165) is 25.1 Å². The average Bonchev–Trinajstić information content (AvgIpc) is 3.48. The molecule has 0 aromatic heterocycles. The molecule has 37 heavy (non-hydrogen) atoms. The molecule has 2 aliphatic carbocycles. The predicted molar refractivity (Wildman–Crippen MR) is 138 cm³/mol. The highest BCUT2D eigenvalue weighted by Gasteiger charge is 2.46. The van der Waals surface area contributed by atoms with Crippen molar-refractivity contribution in [1.29, 1.82) is 0 Å². The average molecular weight is 540 g/mol. The molecule has 2 saturated carbocycles. The zero-order valence-electron chi connectivity index (χ0n) is 21.4. The zero-order chi connectivity index (χ0) is 26.0. The van der Waals surface area contributed by atoms with Gasteiger partial charge in [-0.15, -0.1) is 0 Å². The number of rotatable bonds is 3. The monoisotopic (exact) mass is 539 g/mol. The SMILES string of the molecule is O=S1(=O)NC[C@H](O)CN(CC2CCCC2)CC2(COc3cc(N4CCOCC4)ccc31)C[C@@H](O)[C@@H](O)C2. The summed E-state index contributed by atoms with van der Waals surface area (Å²) in [7, 11) is -3.94. The van der Waals surface area contributed by atoms with Gasteiger partial charge in [0.1, 0.15) is 10.6 Å². The number of anilines is 1. The van der Waals surface area contributed by atoms with E-state index in [1.807, 2.05) is 0 Å². The van der Waals surface area contributed by atoms with Gasteiger partial charge in [0.15, 0.2) is 0 Å². The van der Waals surface area contributed by atoms with E-state index in [2.05, 4.69) is 14.5 Å². The minimum absolute atomic E-state index is 0.0225. The van der Waals surface area contributed by atoms with Crippen LogP contribution in [0, 0.1) is 11.3 Å². The van der Waals surface area contributed by atoms with Crippen LogP contribution < -0.4 is 14.4 Å². The van der Waals surface area contributed by atoms with Crippen LogP contribution >= 0.6 is 0 Å². The van der Waals surface area contributed by atoms with Crippen LogP contribution in [-0.4, -0.2) is 106 Å². The number of nitrogens with zero attached hydrogens (tertiary/aromatic N) is 2. The molecule has 1 aromatic carbocycles. The summed E-state index contributed by atoms with van der Waals surface area (Å²) >= 11 is 0. The third-order valence-corrected chi connectivity index (χ3v) is 9.85. The smallest absolute Gasteiger partial charge is 0.244 e. The standard InChI is InChI=1S/C26H41N3O7S/c30-21-14-27-37(33,34)25-6-5-20(29-7-9-35-10-8-29)11-24(25)36-18-26(12-22(31)23(32)13-26)17-28(16-21)15-19-3-1-2-4-19/h5-6,11,19,21-23,27,30-32H,1-4,7-10,12-18H2/t21-,22-,23+,26?/m0/s1. The summed E-state index contributed by atoms with van der Waals surface area (Å²) in [6.07, 6.45) is 2.80. The lowest BCUT2D eigenvalue weighted by Gasteiger charge is -2.38. The molecular weight excluding hydrogens is 498 g/mol. The summed E-state index contributed by atoms with van der Waals surface area (Å²) in [5, 5.41) is 31.9. The number of benzene rings is 1. The summed E-state index contributed by atoms with van der Waals surface area (Å²) < 4.78 is 40.9. The van der Waals surface area contributed by atoms with Crippen LogP contribution in [0.2, 0.25) is 0 Å². The Hall–Kier alpha value is -1.47. The van der Waals surface area contributed by atoms with Gasteiger partial charge in [-0.3, -0.25) is 4.90 Å². The lowest BCUT2D eigenvalue weighted by molar-refractivity contribution is 0.0394. The number of hydrogen-bond acceptors (Lipinski definition) is 9. The third kappa shape index (κ3) is 6.41. The van der Waals surface area contributed by atoms with Crippen LogP contribution in [0.5, 0.6) is 5.75 Å². The highest BCUT2D eigenvalue weighted by molar-refractivity contribution is 7.89. The summed E-state index contributed by atoms with van der Waals surface area (Å²) in [5.41, 5.74) is 0.285. The number of fused-ring (bicyclic) bond motifs is 1. The van der Waals surface area contributed by atoms with Crippen molar-refractivity contribution in [1.82, 2.24) is 9.62 Å². The molecule has 4 atom stereocenters. The van der Waals surface area contributed by atoms with Crippen molar-refractivity contribution in [3.8, 4) is 5.75 Å². The highest BCUT2D eigenvalue weighted by atomic mass is 32.2. The maximum atomic E-state index is 13.3. The summed E-state index contributed by atoms with van der Waals surface area (Å²) in [5.74, 6) is 0.770. The second kappa shape index (κ2) is 11.3. The minimum atomic E-state index is -3.94. The van der Waals surface area contributed by atoms with E-state index in [1.165, 1.54) is 12.8 Å². The Bertz CT molecular complexity index is 1020. The van der Waals surface area contributed by atoms with E-state index < -0.39 is 33.8 Å². The Morgan fingerprint density at radius 2 is 1.76 bits per heavy atom. The number of ether oxygens (including phenoxy) is 2. The van der Waals surface area contributed by atoms with E-state index in [0.29, 0.717) is 58.2 Å². The second-order valence-electron chi connectivity index (χ2n) is 11.4. The van der Waals surface area contributed by atoms with Crippen LogP contribution in [-0.2, 0) is 14.8 Å². The van der Waals surface area contributed by atoms with Gasteiger partial charge in [0.25, 0.3) is 0 Å². The quantitative estimate of drug-likeness (QED) is 0.435. The number of hydrogen-bond donors (Lipinski definition) is 4. The summed E-state index contributed by atoms with van der Waals surface area (Å²) in [6.45, 7) is 4.34. The Morgan fingerprint density at radius 1 is 1.05 bits per heavy atom. The summed E-state index contributed by atoms with van der Waals surface area (Å²) in [6, 6.07) is 5.09. The van der Waals surface area contributed by atoms with E-state index in [4.69, 9.17) is 9.47 Å². The van der Waals surface area contributed by atoms with Gasteiger partial charge in [-0.25, -0.2) is 13.1 Å². The van der Waals surface area contributed by atoms with Crippen molar-refractivity contribution in [2.45, 2.75) is 61.7 Å². The van der Waals surface area contributed by atoms with Crippen molar-refractivity contribution in [2.75, 3.05) is 64.0 Å². The number of sulfonamides is 1. The molecule has 10 nitrogen and oxygen atoms in total. The predicted octanol–water partition coefficient (Wildman–Crippen LogP) is 0.549. The lowest BCUT2D eigenvalue weighted by atomic mass is 9.85. The first kappa shape index (κ1) is 27.1. The Labute approximate surface area is 219 Å². The van der Waals surface area contributed by atoms with Crippen LogP contribution in [0.4, 0.5) is 5.69 Å². The van der Waals surface area contributed by atoms with Crippen molar-refractivity contribution < 1.29 is 33.2 Å². The molecule has 2 aliphatic heterocycles. The number of aliphatic hydroxyl groups is 3. The molecule has 3 fully saturated rings. The maximum absolute atomic E-state index is 13.3. The molecule has 4 N–H and O–H groups in total. The number of nitrogens with one attached hydrogen (secondary N) is 1. The first-order valence-corrected chi connectivity index (χ1v) is 15.1. The minimum Gasteiger partial charge on any atom is -0.491 e. The number of β-amino-alcohol motifs (C(OH)–C–C–N with tert-alkyl or cyclic N) is 1. The molecule has 1 unspecified atom stereocenters. The Morgan fingerprint density at radius 3 is 2.46 bits per heavy atom. The van der Waals surface area contributed by atoms with Crippen molar-refractivity contribution in [2.24, 2.45) is 11.3 Å². The molecule has 0 bridgehead atoms. The fourth-order valence-corrected chi connectivity index (χ4v) is 7.70. The van der Waals surface area contributed by atoms with Gasteiger partial charge in [0.2, 0.25) is 10.0 Å². The molecule has 208 valence electrons. The topological polar surface area (TPSA) is 132 Å². The van der Waals surface area contributed by atoms with Gasteiger partial charge in [-0.05, 0) is 43.7 Å². The van der Waals surface area contributed by atoms with Gasteiger partial charge in [0, 0.05) is 56.4 Å². The first-order valence-electron chi connectivity index (χ1n) is 13.6. The fraction of sp³-hybridized carbons (Fsp3) is 0.769. The number of morpholine rings is 1. The van der Waals surface area contributed by atoms with E-state index in [1.54, 1.807) is 18.2 Å². The van der Waals surface area contributed by atoms with Crippen LogP contribution in [0.15, 0.2) is 23.1 Å². The number of aliphatic hydroxyl groups excluding tert-OH is 3. The van der Waals surface area contributed by atoms with Crippen molar-refractivity contribution in [3.05, 3.63) is 18.2 Å². The van der Waals surface area contributed by atoms with Crippen LogP contribution in [0.1, 0.15) is 38.5 Å². The van der Waals surface area contributed by atoms with Gasteiger partial charge < -0.3 is 29.7 Å². The lowest BCUT2D eigenvalue weighted by Crippen LogP contribution is -2.48. The summed E-state index contributed by atoms with van der Waals surface area (Å²) in [4.78, 5) is 4.35. The highest BCUT2D eigenvalue weighted by Crippen LogP contribution is 2.42. The molecule has 5 rings (SSSR count). The van der Waals surface area contributed by atoms with Gasteiger partial charge in [-0.1, -0.05) is 12.8 Å². The third-order valence-electron chi connectivity index (χ3n) is 8.38. The van der Waals surface area contributed by atoms with Gasteiger partial charge >= 0.3 is 0 Å². The van der Waals surface area contributed by atoms with Crippen molar-refractivity contribution >= 4 is 15.7 Å². The molecule has 1 aromatic rings. The molecule has 4 aliphatic rings. The van der Waals surface area contributed by atoms with Crippen LogP contribution in [0.3, 0.4) is 0 Å². The normalized spacial score (nSPS) is 34.0. The molecule has 1 saturated heterocycles. The molecule has 11 heteroatoms. The van der Waals surface area contributed by atoms with E-state index >= 15 is 0 Å². The first-order chi connectivity index (χ1) is 17.7. The Balaban J connectivity index is 1.47. The van der Waals surface area contributed by atoms with Gasteiger partial charge in [-0.2, -0.15) is 0 Å². The van der Waals surface area contributed by atoms with Gasteiger partial charge in [0.05, 0.1) is 38.1 Å². The Kier molecular flexibility index (Phi) is 8.30. The van der Waals surface area contributed by atoms with Crippen LogP contribution in [0.25, 0.3) is 0 Å². The molecule has 1 spiro atoms.